The number of nitrogens with zero attached hydrogens (tertiary/aromatic N) is 4. The quantitative estimate of drug-likeness (QED) is 0.476. The van der Waals surface area contributed by atoms with Crippen molar-refractivity contribution in [2.45, 2.75) is 37.2 Å². The van der Waals surface area contributed by atoms with Crippen LogP contribution in [0.3, 0.4) is 0 Å². The first-order valence-electron chi connectivity index (χ1n) is 8.11. The summed E-state index contributed by atoms with van der Waals surface area (Å²) in [5, 5.41) is 15.2. The van der Waals surface area contributed by atoms with Gasteiger partial charge in [-0.25, -0.2) is 0 Å². The number of rotatable bonds is 8. The van der Waals surface area contributed by atoms with E-state index in [-0.39, 0.29) is 11.2 Å². The summed E-state index contributed by atoms with van der Waals surface area (Å²) < 4.78 is 12.3. The smallest absolute Gasteiger partial charge is 0.239 e. The van der Waals surface area contributed by atoms with Crippen LogP contribution in [-0.4, -0.2) is 31.1 Å². The van der Waals surface area contributed by atoms with Gasteiger partial charge in [-0.3, -0.25) is 9.36 Å². The first-order valence-corrected chi connectivity index (χ1v) is 8.99. The van der Waals surface area contributed by atoms with Crippen molar-refractivity contribution >= 4 is 23.5 Å². The summed E-state index contributed by atoms with van der Waals surface area (Å²) in [7, 11) is 0. The van der Waals surface area contributed by atoms with Gasteiger partial charge in [-0.15, -0.1) is 16.8 Å². The molecule has 8 nitrogen and oxygen atoms in total. The molecule has 0 radical (unpaired) electrons. The minimum Gasteiger partial charge on any atom is -0.461 e. The number of carbonyl (C=O) groups is 1. The largest absolute Gasteiger partial charge is 0.461 e. The van der Waals surface area contributed by atoms with Crippen molar-refractivity contribution in [1.29, 1.82) is 0 Å². The van der Waals surface area contributed by atoms with Crippen molar-refractivity contribution in [2.24, 2.45) is 0 Å². The van der Waals surface area contributed by atoms with Crippen LogP contribution in [0.25, 0.3) is 11.6 Å². The second-order valence-electron chi connectivity index (χ2n) is 5.51. The molecule has 136 valence electrons. The maximum absolute atomic E-state index is 12.6. The van der Waals surface area contributed by atoms with E-state index in [2.05, 4.69) is 27.2 Å². The highest BCUT2D eigenvalue weighted by Gasteiger charge is 2.24. The third kappa shape index (κ3) is 3.88. The number of allylic oxidation sites excluding steroid dienone is 1. The zero-order chi connectivity index (χ0) is 18.5. The van der Waals surface area contributed by atoms with Gasteiger partial charge in [-0.2, -0.15) is 0 Å². The highest BCUT2D eigenvalue weighted by molar-refractivity contribution is 8.00. The van der Waals surface area contributed by atoms with Crippen LogP contribution in [0.1, 0.15) is 19.1 Å². The third-order valence-corrected chi connectivity index (χ3v) is 4.90. The number of amides is 1. The number of anilines is 1. The molecule has 1 N–H and O–H groups in total. The fourth-order valence-electron chi connectivity index (χ4n) is 2.34. The average molecular weight is 373 g/mol. The Bertz CT molecular complexity index is 884. The lowest BCUT2D eigenvalue weighted by Crippen LogP contribution is -2.25. The number of aromatic nitrogens is 4. The Labute approximate surface area is 154 Å². The first kappa shape index (κ1) is 18.0. The van der Waals surface area contributed by atoms with E-state index >= 15 is 0 Å². The van der Waals surface area contributed by atoms with Gasteiger partial charge < -0.3 is 14.3 Å². The van der Waals surface area contributed by atoms with E-state index in [0.29, 0.717) is 41.3 Å². The first-order chi connectivity index (χ1) is 12.6. The van der Waals surface area contributed by atoms with Gasteiger partial charge >= 0.3 is 0 Å². The highest BCUT2D eigenvalue weighted by atomic mass is 32.2. The van der Waals surface area contributed by atoms with Crippen LogP contribution in [0.5, 0.6) is 0 Å². The molecule has 0 spiro atoms. The summed E-state index contributed by atoms with van der Waals surface area (Å²) in [4.78, 5) is 12.6. The Morgan fingerprint density at radius 1 is 1.50 bits per heavy atom. The lowest BCUT2D eigenvalue weighted by atomic mass is 10.3. The second kappa shape index (κ2) is 8.05. The number of furan rings is 1. The van der Waals surface area contributed by atoms with Crippen LogP contribution in [0.2, 0.25) is 0 Å². The molecule has 0 aliphatic carbocycles. The van der Waals surface area contributed by atoms with E-state index in [9.17, 15) is 4.79 Å². The summed E-state index contributed by atoms with van der Waals surface area (Å²) in [5.74, 6) is 2.07. The Morgan fingerprint density at radius 3 is 2.96 bits per heavy atom. The monoisotopic (exact) mass is 373 g/mol. The standard InChI is InChI=1S/C17H19N5O3S/c1-4-8-22-15(12-7-6-9-24-12)19-20-17(22)26-13(5-2)16(23)18-14-10-11(3)25-21-14/h4,6-7,9-10,13H,1,5,8H2,2-3H3,(H,18,21,23). The molecule has 3 rings (SSSR count). The molecule has 0 saturated heterocycles. The van der Waals surface area contributed by atoms with Gasteiger partial charge in [0.15, 0.2) is 16.7 Å². The Hall–Kier alpha value is -2.81. The highest BCUT2D eigenvalue weighted by Crippen LogP contribution is 2.29. The number of aryl methyl sites for hydroxylation is 1. The molecule has 1 atom stereocenters. The predicted octanol–water partition coefficient (Wildman–Crippen LogP) is 3.53. The van der Waals surface area contributed by atoms with Crippen molar-refractivity contribution in [2.75, 3.05) is 5.32 Å². The molecule has 1 amide bonds. The topological polar surface area (TPSA) is 99.0 Å². The number of nitrogens with one attached hydrogen (secondary N) is 1. The lowest BCUT2D eigenvalue weighted by Gasteiger charge is -2.13. The van der Waals surface area contributed by atoms with Crippen LogP contribution in [0, 0.1) is 6.92 Å². The average Bonchev–Trinajstić information content (AvgIpc) is 3.35. The summed E-state index contributed by atoms with van der Waals surface area (Å²) in [6.07, 6.45) is 3.95. The molecule has 3 aromatic rings. The normalized spacial score (nSPS) is 12.1. The molecule has 0 bridgehead atoms. The van der Waals surface area contributed by atoms with Crippen molar-refractivity contribution < 1.29 is 13.7 Å². The van der Waals surface area contributed by atoms with Crippen LogP contribution in [-0.2, 0) is 11.3 Å². The second-order valence-corrected chi connectivity index (χ2v) is 6.68. The molecule has 3 aromatic heterocycles. The minimum atomic E-state index is -0.357. The van der Waals surface area contributed by atoms with Crippen LogP contribution >= 0.6 is 11.8 Å². The summed E-state index contributed by atoms with van der Waals surface area (Å²) in [6, 6.07) is 5.27. The molecule has 0 aliphatic rings. The number of hydrogen-bond donors (Lipinski definition) is 1. The van der Waals surface area contributed by atoms with Gasteiger partial charge in [0, 0.05) is 12.6 Å². The lowest BCUT2D eigenvalue weighted by molar-refractivity contribution is -0.115. The van der Waals surface area contributed by atoms with Gasteiger partial charge in [0.25, 0.3) is 0 Å². The van der Waals surface area contributed by atoms with Crippen molar-refractivity contribution in [3.8, 4) is 11.6 Å². The predicted molar refractivity (Wildman–Crippen MR) is 97.7 cm³/mol. The summed E-state index contributed by atoms with van der Waals surface area (Å²) >= 11 is 1.34. The maximum atomic E-state index is 12.6. The molecule has 0 saturated carbocycles. The molecule has 3 heterocycles. The zero-order valence-corrected chi connectivity index (χ0v) is 15.3. The van der Waals surface area contributed by atoms with E-state index in [4.69, 9.17) is 8.94 Å². The fraction of sp³-hybridized carbons (Fsp3) is 0.294. The van der Waals surface area contributed by atoms with Crippen LogP contribution < -0.4 is 5.32 Å². The fourth-order valence-corrected chi connectivity index (χ4v) is 3.30. The van der Waals surface area contributed by atoms with E-state index in [1.165, 1.54) is 11.8 Å². The molecule has 0 aromatic carbocycles. The molecular formula is C17H19N5O3S. The molecule has 26 heavy (non-hydrogen) atoms. The van der Waals surface area contributed by atoms with Crippen LogP contribution in [0.15, 0.2) is 51.2 Å². The minimum absolute atomic E-state index is 0.168. The number of hydrogen-bond acceptors (Lipinski definition) is 7. The van der Waals surface area contributed by atoms with Gasteiger partial charge in [-0.05, 0) is 25.5 Å². The zero-order valence-electron chi connectivity index (χ0n) is 14.5. The Balaban J connectivity index is 1.79. The maximum Gasteiger partial charge on any atom is 0.239 e. The van der Waals surface area contributed by atoms with Crippen LogP contribution in [0.4, 0.5) is 5.82 Å². The van der Waals surface area contributed by atoms with E-state index in [1.807, 2.05) is 17.6 Å². The molecule has 1 unspecified atom stereocenters. The number of carbonyl (C=O) groups excluding carboxylic acids is 1. The van der Waals surface area contributed by atoms with Crippen molar-refractivity contribution in [3.63, 3.8) is 0 Å². The van der Waals surface area contributed by atoms with Crippen molar-refractivity contribution in [1.82, 2.24) is 19.9 Å². The third-order valence-electron chi connectivity index (χ3n) is 3.56. The van der Waals surface area contributed by atoms with Gasteiger partial charge in [-0.1, -0.05) is 29.9 Å². The Kier molecular flexibility index (Phi) is 5.57. The SMILES string of the molecule is C=CCn1c(SC(CC)C(=O)Nc2cc(C)on2)nnc1-c1ccco1. The molecule has 0 aliphatic heterocycles. The van der Waals surface area contributed by atoms with E-state index in [0.717, 1.165) is 0 Å². The van der Waals surface area contributed by atoms with Gasteiger partial charge in [0.05, 0.1) is 11.5 Å². The van der Waals surface area contributed by atoms with Gasteiger partial charge in [0.1, 0.15) is 5.76 Å². The molecule has 9 heteroatoms. The Morgan fingerprint density at radius 2 is 2.35 bits per heavy atom. The molecular weight excluding hydrogens is 354 g/mol. The molecule has 0 fully saturated rings. The van der Waals surface area contributed by atoms with E-state index < -0.39 is 0 Å². The van der Waals surface area contributed by atoms with Gasteiger partial charge in [0.2, 0.25) is 11.7 Å². The summed E-state index contributed by atoms with van der Waals surface area (Å²) in [5.41, 5.74) is 0. The van der Waals surface area contributed by atoms with E-state index in [1.54, 1.807) is 31.4 Å². The number of thioether (sulfide) groups is 1. The summed E-state index contributed by atoms with van der Waals surface area (Å²) in [6.45, 7) is 7.99. The van der Waals surface area contributed by atoms with Crippen molar-refractivity contribution in [3.05, 3.63) is 42.9 Å².